The maximum atomic E-state index is 5.53. The molecule has 0 saturated carbocycles. The van der Waals surface area contributed by atoms with Gasteiger partial charge in [0, 0.05) is 0 Å². The molecule has 0 aliphatic carbocycles. The minimum Gasteiger partial charge on any atom is -0.346 e. The van der Waals surface area contributed by atoms with Crippen LogP contribution in [-0.4, -0.2) is 38.0 Å². The van der Waals surface area contributed by atoms with E-state index in [-0.39, 0.29) is 24.8 Å². The van der Waals surface area contributed by atoms with Gasteiger partial charge in [0.25, 0.3) is 0 Å². The second kappa shape index (κ2) is 3.30. The Hall–Kier alpha value is -0.160. The summed E-state index contributed by atoms with van der Waals surface area (Å²) in [7, 11) is 0. The zero-order chi connectivity index (χ0) is 8.55. The van der Waals surface area contributed by atoms with E-state index >= 15 is 0 Å². The highest BCUT2D eigenvalue weighted by atomic mass is 16.8. The molecular formula is C8H14O4. The Balaban J connectivity index is 1.98. The molecule has 12 heavy (non-hydrogen) atoms. The van der Waals surface area contributed by atoms with Gasteiger partial charge in [-0.1, -0.05) is 0 Å². The van der Waals surface area contributed by atoms with Gasteiger partial charge in [-0.25, -0.2) is 0 Å². The van der Waals surface area contributed by atoms with Crippen molar-refractivity contribution in [2.75, 3.05) is 13.2 Å². The lowest BCUT2D eigenvalue weighted by Gasteiger charge is -2.40. The number of ether oxygens (including phenoxy) is 4. The van der Waals surface area contributed by atoms with Gasteiger partial charge in [-0.3, -0.25) is 0 Å². The molecule has 0 aromatic carbocycles. The lowest BCUT2D eigenvalue weighted by Crippen LogP contribution is -2.52. The highest BCUT2D eigenvalue weighted by Crippen LogP contribution is 2.23. The summed E-state index contributed by atoms with van der Waals surface area (Å²) in [6.07, 6.45) is -0.504. The van der Waals surface area contributed by atoms with Crippen molar-refractivity contribution in [1.82, 2.24) is 0 Å². The quantitative estimate of drug-likeness (QED) is 0.536. The number of rotatable bonds is 0. The van der Waals surface area contributed by atoms with E-state index in [4.69, 9.17) is 18.9 Å². The van der Waals surface area contributed by atoms with Gasteiger partial charge in [0.2, 0.25) is 12.6 Å². The van der Waals surface area contributed by atoms with E-state index in [9.17, 15) is 0 Å². The predicted octanol–water partition coefficient (Wildman–Crippen LogP) is 0.509. The molecule has 0 radical (unpaired) electrons. The average molecular weight is 174 g/mol. The van der Waals surface area contributed by atoms with Crippen molar-refractivity contribution < 1.29 is 18.9 Å². The molecular weight excluding hydrogens is 160 g/mol. The van der Waals surface area contributed by atoms with Crippen LogP contribution in [0.5, 0.6) is 0 Å². The average Bonchev–Trinajstić information content (AvgIpc) is 2.07. The fourth-order valence-electron chi connectivity index (χ4n) is 1.34. The zero-order valence-corrected chi connectivity index (χ0v) is 7.36. The van der Waals surface area contributed by atoms with Crippen LogP contribution in [0.3, 0.4) is 0 Å². The van der Waals surface area contributed by atoms with Gasteiger partial charge in [0.05, 0.1) is 25.4 Å². The maximum absolute atomic E-state index is 5.53. The Morgan fingerprint density at radius 2 is 1.25 bits per heavy atom. The van der Waals surface area contributed by atoms with Crippen LogP contribution in [0.25, 0.3) is 0 Å². The monoisotopic (exact) mass is 174 g/mol. The summed E-state index contributed by atoms with van der Waals surface area (Å²) in [4.78, 5) is 0. The summed E-state index contributed by atoms with van der Waals surface area (Å²) in [6, 6.07) is 0. The van der Waals surface area contributed by atoms with E-state index in [1.165, 1.54) is 0 Å². The van der Waals surface area contributed by atoms with Crippen molar-refractivity contribution >= 4 is 0 Å². The molecule has 4 atom stereocenters. The molecule has 2 aliphatic heterocycles. The summed E-state index contributed by atoms with van der Waals surface area (Å²) in [6.45, 7) is 5.12. The van der Waals surface area contributed by atoms with Crippen molar-refractivity contribution in [2.24, 2.45) is 0 Å². The van der Waals surface area contributed by atoms with Crippen molar-refractivity contribution in [2.45, 2.75) is 38.6 Å². The highest BCUT2D eigenvalue weighted by molar-refractivity contribution is 4.71. The van der Waals surface area contributed by atoms with E-state index < -0.39 is 0 Å². The van der Waals surface area contributed by atoms with Gasteiger partial charge >= 0.3 is 0 Å². The molecule has 0 N–H and O–H groups in total. The van der Waals surface area contributed by atoms with Gasteiger partial charge in [0.15, 0.2) is 0 Å². The minimum absolute atomic E-state index is 0.0768. The number of hydrogen-bond acceptors (Lipinski definition) is 4. The fraction of sp³-hybridized carbons (Fsp3) is 1.00. The highest BCUT2D eigenvalue weighted by Gasteiger charge is 2.37. The summed E-state index contributed by atoms with van der Waals surface area (Å²) in [5, 5.41) is 0. The van der Waals surface area contributed by atoms with Crippen molar-refractivity contribution in [1.29, 1.82) is 0 Å². The molecule has 0 bridgehead atoms. The zero-order valence-electron chi connectivity index (χ0n) is 7.36. The van der Waals surface area contributed by atoms with Crippen molar-refractivity contribution in [3.8, 4) is 0 Å². The lowest BCUT2D eigenvalue weighted by molar-refractivity contribution is -0.380. The summed E-state index contributed by atoms with van der Waals surface area (Å²) in [5.41, 5.74) is 0. The molecule has 2 rings (SSSR count). The first-order chi connectivity index (χ1) is 5.77. The Morgan fingerprint density at radius 1 is 0.833 bits per heavy atom. The molecule has 0 amide bonds. The topological polar surface area (TPSA) is 36.9 Å². The minimum atomic E-state index is -0.329. The third-order valence-electron chi connectivity index (χ3n) is 2.23. The van der Waals surface area contributed by atoms with Crippen LogP contribution in [0.1, 0.15) is 13.8 Å². The molecule has 0 aromatic heterocycles. The van der Waals surface area contributed by atoms with Crippen molar-refractivity contribution in [3.63, 3.8) is 0 Å². The van der Waals surface area contributed by atoms with Crippen LogP contribution in [-0.2, 0) is 18.9 Å². The number of fused-ring (bicyclic) bond motifs is 1. The van der Waals surface area contributed by atoms with E-state index in [1.807, 2.05) is 13.8 Å². The van der Waals surface area contributed by atoms with Crippen LogP contribution in [0.4, 0.5) is 0 Å². The molecule has 4 nitrogen and oxygen atoms in total. The van der Waals surface area contributed by atoms with E-state index in [2.05, 4.69) is 0 Å². The molecule has 4 unspecified atom stereocenters. The Bertz CT molecular complexity index is 143. The van der Waals surface area contributed by atoms with Crippen LogP contribution in [0, 0.1) is 0 Å². The van der Waals surface area contributed by atoms with Crippen LogP contribution >= 0.6 is 0 Å². The third kappa shape index (κ3) is 1.47. The summed E-state index contributed by atoms with van der Waals surface area (Å²) < 4.78 is 21.7. The van der Waals surface area contributed by atoms with E-state index in [0.717, 1.165) is 0 Å². The Labute approximate surface area is 71.7 Å². The van der Waals surface area contributed by atoms with Crippen LogP contribution in [0.2, 0.25) is 0 Å². The van der Waals surface area contributed by atoms with Crippen LogP contribution in [0.15, 0.2) is 0 Å². The largest absolute Gasteiger partial charge is 0.346 e. The standard InChI is InChI=1S/C8H14O4/c1-5-6(2)12-8-7(11-5)9-3-4-10-8/h5-8H,3-4H2,1-2H3. The maximum Gasteiger partial charge on any atom is 0.209 e. The van der Waals surface area contributed by atoms with Gasteiger partial charge < -0.3 is 18.9 Å². The molecule has 2 aliphatic rings. The first kappa shape index (κ1) is 8.44. The number of hydrogen-bond donors (Lipinski definition) is 0. The molecule has 0 aromatic rings. The Kier molecular flexibility index (Phi) is 2.32. The first-order valence-corrected chi connectivity index (χ1v) is 4.31. The fourth-order valence-corrected chi connectivity index (χ4v) is 1.34. The van der Waals surface area contributed by atoms with Crippen LogP contribution < -0.4 is 0 Å². The molecule has 2 heterocycles. The van der Waals surface area contributed by atoms with Gasteiger partial charge in [-0.05, 0) is 13.8 Å². The SMILES string of the molecule is CC1OC2OCCOC2OC1C. The molecule has 4 heteroatoms. The van der Waals surface area contributed by atoms with E-state index in [1.54, 1.807) is 0 Å². The lowest BCUT2D eigenvalue weighted by atomic mass is 10.2. The van der Waals surface area contributed by atoms with Gasteiger partial charge in [-0.15, -0.1) is 0 Å². The normalized spacial score (nSPS) is 48.5. The first-order valence-electron chi connectivity index (χ1n) is 4.31. The Morgan fingerprint density at radius 3 is 1.67 bits per heavy atom. The van der Waals surface area contributed by atoms with Gasteiger partial charge in [-0.2, -0.15) is 0 Å². The molecule has 2 fully saturated rings. The van der Waals surface area contributed by atoms with Crippen molar-refractivity contribution in [3.05, 3.63) is 0 Å². The second-order valence-electron chi connectivity index (χ2n) is 3.16. The molecule has 70 valence electrons. The smallest absolute Gasteiger partial charge is 0.209 e. The third-order valence-corrected chi connectivity index (χ3v) is 2.23. The van der Waals surface area contributed by atoms with E-state index in [0.29, 0.717) is 13.2 Å². The van der Waals surface area contributed by atoms with Gasteiger partial charge in [0.1, 0.15) is 0 Å². The summed E-state index contributed by atoms with van der Waals surface area (Å²) >= 11 is 0. The second-order valence-corrected chi connectivity index (χ2v) is 3.16. The molecule has 0 spiro atoms. The predicted molar refractivity (Wildman–Crippen MR) is 40.6 cm³/mol. The summed E-state index contributed by atoms with van der Waals surface area (Å²) in [5.74, 6) is 0. The molecule has 2 saturated heterocycles.